The number of nitrogens with one attached hydrogen (secondary N) is 1. The van der Waals surface area contributed by atoms with Gasteiger partial charge in [-0.1, -0.05) is 6.92 Å². The smallest absolute Gasteiger partial charge is 0.243 e. The fourth-order valence-electron chi connectivity index (χ4n) is 1.37. The summed E-state index contributed by atoms with van der Waals surface area (Å²) in [4.78, 5) is 24.3. The van der Waals surface area contributed by atoms with Crippen molar-refractivity contribution in [2.45, 2.75) is 19.9 Å². The number of rotatable bonds is 4. The molecule has 1 saturated heterocycles. The molecule has 0 saturated carbocycles. The predicted octanol–water partition coefficient (Wildman–Crippen LogP) is 0.0864. The molecule has 1 N–H and O–H groups in total. The number of carbonyl (C=O) groups excluding carboxylic acids is 2. The van der Waals surface area contributed by atoms with Gasteiger partial charge in [-0.2, -0.15) is 11.8 Å². The van der Waals surface area contributed by atoms with E-state index in [4.69, 9.17) is 0 Å². The fraction of sp³-hybridized carbons (Fsp3) is 0.778. The summed E-state index contributed by atoms with van der Waals surface area (Å²) in [7, 11) is 0. The van der Waals surface area contributed by atoms with Crippen LogP contribution in [0.15, 0.2) is 0 Å². The van der Waals surface area contributed by atoms with Crippen LogP contribution in [0, 0.1) is 0 Å². The molecular weight excluding hydrogens is 200 g/mol. The highest BCUT2D eigenvalue weighted by Crippen LogP contribution is 2.07. The summed E-state index contributed by atoms with van der Waals surface area (Å²) < 4.78 is 0. The Kier molecular flexibility index (Phi) is 4.41. The molecule has 2 amide bonds. The van der Waals surface area contributed by atoms with E-state index in [0.717, 1.165) is 18.1 Å². The Morgan fingerprint density at radius 2 is 2.29 bits per heavy atom. The van der Waals surface area contributed by atoms with E-state index in [9.17, 15) is 9.59 Å². The lowest BCUT2D eigenvalue weighted by Gasteiger charge is -2.31. The summed E-state index contributed by atoms with van der Waals surface area (Å²) in [6.07, 6.45) is 0. The maximum atomic E-state index is 11.3. The number of hydrogen-bond acceptors (Lipinski definition) is 4. The lowest BCUT2D eigenvalue weighted by Crippen LogP contribution is -2.57. The van der Waals surface area contributed by atoms with Crippen molar-refractivity contribution in [3.63, 3.8) is 0 Å². The number of thioether (sulfide) groups is 1. The second-order valence-corrected chi connectivity index (χ2v) is 4.65. The quantitative estimate of drug-likeness (QED) is 0.534. The molecule has 1 fully saturated rings. The van der Waals surface area contributed by atoms with E-state index in [0.29, 0.717) is 6.54 Å². The van der Waals surface area contributed by atoms with Crippen molar-refractivity contribution in [3.05, 3.63) is 0 Å². The largest absolute Gasteiger partial charge is 0.294 e. The molecule has 1 rings (SSSR count). The van der Waals surface area contributed by atoms with E-state index in [1.807, 2.05) is 23.6 Å². The fourth-order valence-corrected chi connectivity index (χ4v) is 2.02. The SMILES string of the molecule is CCSCCN1CC(=O)NC(=O)C1C. The molecule has 5 heteroatoms. The molecule has 1 aliphatic heterocycles. The van der Waals surface area contributed by atoms with Crippen LogP contribution in [0.3, 0.4) is 0 Å². The first-order valence-electron chi connectivity index (χ1n) is 4.80. The summed E-state index contributed by atoms with van der Waals surface area (Å²) in [5, 5.41) is 2.32. The van der Waals surface area contributed by atoms with E-state index < -0.39 is 0 Å². The molecule has 0 spiro atoms. The van der Waals surface area contributed by atoms with Gasteiger partial charge in [0.05, 0.1) is 12.6 Å². The molecule has 4 nitrogen and oxygen atoms in total. The van der Waals surface area contributed by atoms with Crippen LogP contribution in [0.2, 0.25) is 0 Å². The van der Waals surface area contributed by atoms with Crippen molar-refractivity contribution in [1.82, 2.24) is 10.2 Å². The van der Waals surface area contributed by atoms with Crippen LogP contribution >= 0.6 is 11.8 Å². The summed E-state index contributed by atoms with van der Waals surface area (Å²) in [5.41, 5.74) is 0. The number of nitrogens with zero attached hydrogens (tertiary/aromatic N) is 1. The van der Waals surface area contributed by atoms with E-state index >= 15 is 0 Å². The van der Waals surface area contributed by atoms with Gasteiger partial charge in [-0.3, -0.25) is 19.8 Å². The third kappa shape index (κ3) is 2.99. The second kappa shape index (κ2) is 5.36. The van der Waals surface area contributed by atoms with Crippen LogP contribution in [-0.2, 0) is 9.59 Å². The maximum absolute atomic E-state index is 11.3. The lowest BCUT2D eigenvalue weighted by molar-refractivity contribution is -0.139. The first-order valence-corrected chi connectivity index (χ1v) is 5.96. The van der Waals surface area contributed by atoms with Crippen LogP contribution < -0.4 is 5.32 Å². The lowest BCUT2D eigenvalue weighted by atomic mass is 10.2. The third-order valence-electron chi connectivity index (χ3n) is 2.26. The molecule has 1 aliphatic rings. The van der Waals surface area contributed by atoms with Gasteiger partial charge in [-0.05, 0) is 12.7 Å². The van der Waals surface area contributed by atoms with Gasteiger partial charge in [0.15, 0.2) is 0 Å². The summed E-state index contributed by atoms with van der Waals surface area (Å²) in [5.74, 6) is 1.68. The highest BCUT2D eigenvalue weighted by Gasteiger charge is 2.29. The third-order valence-corrected chi connectivity index (χ3v) is 3.14. The molecule has 1 heterocycles. The minimum Gasteiger partial charge on any atom is -0.294 e. The average molecular weight is 216 g/mol. The van der Waals surface area contributed by atoms with Gasteiger partial charge in [0, 0.05) is 12.3 Å². The number of amides is 2. The monoisotopic (exact) mass is 216 g/mol. The number of piperazine rings is 1. The van der Waals surface area contributed by atoms with E-state index in [1.54, 1.807) is 0 Å². The number of hydrogen-bond donors (Lipinski definition) is 1. The highest BCUT2D eigenvalue weighted by molar-refractivity contribution is 7.99. The predicted molar refractivity (Wildman–Crippen MR) is 57.2 cm³/mol. The molecule has 0 aromatic carbocycles. The zero-order valence-corrected chi connectivity index (χ0v) is 9.39. The van der Waals surface area contributed by atoms with Crippen LogP contribution in [0.25, 0.3) is 0 Å². The van der Waals surface area contributed by atoms with Crippen molar-refractivity contribution in [3.8, 4) is 0 Å². The van der Waals surface area contributed by atoms with Crippen molar-refractivity contribution >= 4 is 23.6 Å². The normalized spacial score (nSPS) is 23.7. The van der Waals surface area contributed by atoms with E-state index in [2.05, 4.69) is 12.2 Å². The average Bonchev–Trinajstić information content (AvgIpc) is 2.13. The molecular formula is C9H16N2O2S. The molecule has 0 bridgehead atoms. The standard InChI is InChI=1S/C9H16N2O2S/c1-3-14-5-4-11-6-8(12)10-9(13)7(11)2/h7H,3-6H2,1-2H3,(H,10,12,13). The van der Waals surface area contributed by atoms with Crippen LogP contribution in [-0.4, -0.2) is 47.4 Å². The van der Waals surface area contributed by atoms with Gasteiger partial charge in [-0.25, -0.2) is 0 Å². The van der Waals surface area contributed by atoms with Gasteiger partial charge in [0.1, 0.15) is 0 Å². The summed E-state index contributed by atoms with van der Waals surface area (Å²) >= 11 is 1.82. The zero-order chi connectivity index (χ0) is 10.6. The van der Waals surface area contributed by atoms with E-state index in [-0.39, 0.29) is 17.9 Å². The van der Waals surface area contributed by atoms with Gasteiger partial charge < -0.3 is 0 Å². The molecule has 1 atom stereocenters. The molecule has 14 heavy (non-hydrogen) atoms. The summed E-state index contributed by atoms with van der Waals surface area (Å²) in [6.45, 7) is 5.08. The van der Waals surface area contributed by atoms with Crippen LogP contribution in [0.1, 0.15) is 13.8 Å². The van der Waals surface area contributed by atoms with Crippen molar-refractivity contribution < 1.29 is 9.59 Å². The number of imide groups is 1. The Labute approximate surface area is 88.4 Å². The number of carbonyl (C=O) groups is 2. The highest BCUT2D eigenvalue weighted by atomic mass is 32.2. The minimum atomic E-state index is -0.186. The molecule has 80 valence electrons. The van der Waals surface area contributed by atoms with Gasteiger partial charge >= 0.3 is 0 Å². The van der Waals surface area contributed by atoms with Gasteiger partial charge in [-0.15, -0.1) is 0 Å². The van der Waals surface area contributed by atoms with Crippen molar-refractivity contribution in [2.24, 2.45) is 0 Å². The first kappa shape index (κ1) is 11.5. The Morgan fingerprint density at radius 1 is 1.57 bits per heavy atom. The Morgan fingerprint density at radius 3 is 2.93 bits per heavy atom. The van der Waals surface area contributed by atoms with Crippen molar-refractivity contribution in [2.75, 3.05) is 24.6 Å². The molecule has 0 aromatic heterocycles. The first-order chi connectivity index (χ1) is 6.65. The van der Waals surface area contributed by atoms with Crippen molar-refractivity contribution in [1.29, 1.82) is 0 Å². The second-order valence-electron chi connectivity index (χ2n) is 3.26. The zero-order valence-electron chi connectivity index (χ0n) is 8.58. The summed E-state index contributed by atoms with van der Waals surface area (Å²) in [6, 6.07) is -0.176. The molecule has 1 unspecified atom stereocenters. The topological polar surface area (TPSA) is 49.4 Å². The minimum absolute atomic E-state index is 0.176. The van der Waals surface area contributed by atoms with Crippen LogP contribution in [0.4, 0.5) is 0 Å². The van der Waals surface area contributed by atoms with Gasteiger partial charge in [0.25, 0.3) is 0 Å². The van der Waals surface area contributed by atoms with Gasteiger partial charge in [0.2, 0.25) is 11.8 Å². The Balaban J connectivity index is 2.41. The van der Waals surface area contributed by atoms with Crippen LogP contribution in [0.5, 0.6) is 0 Å². The molecule has 0 aromatic rings. The maximum Gasteiger partial charge on any atom is 0.243 e. The Hall–Kier alpha value is -0.550. The Bertz CT molecular complexity index is 233. The van der Waals surface area contributed by atoms with E-state index in [1.165, 1.54) is 0 Å². The molecule has 0 aliphatic carbocycles. The molecule has 0 radical (unpaired) electrons.